The zero-order valence-corrected chi connectivity index (χ0v) is 11.9. The summed E-state index contributed by atoms with van der Waals surface area (Å²) in [6, 6.07) is 3.76. The number of nitrogens with zero attached hydrogens (tertiary/aromatic N) is 1. The van der Waals surface area contributed by atoms with Crippen LogP contribution in [0.2, 0.25) is 0 Å². The number of phenols is 1. The van der Waals surface area contributed by atoms with Crippen molar-refractivity contribution in [3.05, 3.63) is 23.8 Å². The van der Waals surface area contributed by atoms with Gasteiger partial charge in [0.05, 0.1) is 0 Å². The van der Waals surface area contributed by atoms with Crippen LogP contribution in [0.1, 0.15) is 37.6 Å². The number of urea groups is 1. The first-order valence-electron chi connectivity index (χ1n) is 6.54. The van der Waals surface area contributed by atoms with Gasteiger partial charge in [0.1, 0.15) is 11.3 Å². The number of carboxylic acid groups (broad SMARTS) is 1. The Morgan fingerprint density at radius 2 is 2.00 bits per heavy atom. The highest BCUT2D eigenvalue weighted by molar-refractivity contribution is 5.94. The quantitative estimate of drug-likeness (QED) is 0.773. The number of aromatic hydroxyl groups is 1. The maximum Gasteiger partial charge on any atom is 0.339 e. The van der Waals surface area contributed by atoms with Crippen molar-refractivity contribution in [2.45, 2.75) is 33.2 Å². The topological polar surface area (TPSA) is 89.9 Å². The number of carbonyl (C=O) groups is 2. The molecule has 0 aliphatic rings. The van der Waals surface area contributed by atoms with Gasteiger partial charge in [-0.05, 0) is 32.4 Å². The molecular weight excluding hydrogens is 260 g/mol. The fourth-order valence-electron chi connectivity index (χ4n) is 1.86. The van der Waals surface area contributed by atoms with Crippen LogP contribution in [0.25, 0.3) is 0 Å². The summed E-state index contributed by atoms with van der Waals surface area (Å²) in [5.74, 6) is -1.59. The van der Waals surface area contributed by atoms with E-state index in [4.69, 9.17) is 5.11 Å². The molecule has 6 heteroatoms. The van der Waals surface area contributed by atoms with Gasteiger partial charge in [-0.15, -0.1) is 0 Å². The van der Waals surface area contributed by atoms with Gasteiger partial charge >= 0.3 is 12.0 Å². The molecule has 0 aliphatic heterocycles. The van der Waals surface area contributed by atoms with E-state index in [1.165, 1.54) is 18.2 Å². The molecule has 20 heavy (non-hydrogen) atoms. The van der Waals surface area contributed by atoms with Crippen LogP contribution in [0.4, 0.5) is 10.5 Å². The number of carbonyl (C=O) groups excluding carboxylic acids is 1. The Morgan fingerprint density at radius 3 is 2.45 bits per heavy atom. The maximum atomic E-state index is 12.1. The minimum Gasteiger partial charge on any atom is -0.507 e. The predicted octanol–water partition coefficient (Wildman–Crippen LogP) is 2.74. The average Bonchev–Trinajstić information content (AvgIpc) is 2.38. The third-order valence-corrected chi connectivity index (χ3v) is 3.20. The second kappa shape index (κ2) is 6.79. The van der Waals surface area contributed by atoms with Gasteiger partial charge in [0, 0.05) is 24.3 Å². The number of hydrogen-bond acceptors (Lipinski definition) is 3. The van der Waals surface area contributed by atoms with Gasteiger partial charge < -0.3 is 20.4 Å². The van der Waals surface area contributed by atoms with Gasteiger partial charge in [0.15, 0.2) is 0 Å². The smallest absolute Gasteiger partial charge is 0.339 e. The molecule has 1 rings (SSSR count). The van der Waals surface area contributed by atoms with Crippen molar-refractivity contribution in [2.24, 2.45) is 0 Å². The Labute approximate surface area is 118 Å². The number of amides is 2. The zero-order valence-electron chi connectivity index (χ0n) is 11.9. The Kier molecular flexibility index (Phi) is 5.37. The first-order chi connectivity index (χ1) is 9.40. The summed E-state index contributed by atoms with van der Waals surface area (Å²) in [5, 5.41) is 21.0. The molecule has 2 amide bonds. The molecule has 0 fully saturated rings. The molecule has 1 atom stereocenters. The minimum atomic E-state index is -1.21. The van der Waals surface area contributed by atoms with Crippen LogP contribution in [0.5, 0.6) is 5.75 Å². The van der Waals surface area contributed by atoms with Crippen LogP contribution in [-0.2, 0) is 0 Å². The fraction of sp³-hybridized carbons (Fsp3) is 0.429. The Bertz CT molecular complexity index is 502. The van der Waals surface area contributed by atoms with Gasteiger partial charge in [0.2, 0.25) is 0 Å². The number of benzene rings is 1. The highest BCUT2D eigenvalue weighted by Crippen LogP contribution is 2.22. The normalized spacial score (nSPS) is 11.8. The van der Waals surface area contributed by atoms with Crippen LogP contribution in [0, 0.1) is 0 Å². The number of aromatic carboxylic acids is 1. The molecule has 1 unspecified atom stereocenters. The largest absolute Gasteiger partial charge is 0.507 e. The van der Waals surface area contributed by atoms with E-state index in [0.717, 1.165) is 6.42 Å². The average molecular weight is 280 g/mol. The maximum absolute atomic E-state index is 12.1. The summed E-state index contributed by atoms with van der Waals surface area (Å²) in [4.78, 5) is 24.5. The van der Waals surface area contributed by atoms with Gasteiger partial charge in [-0.2, -0.15) is 0 Å². The summed E-state index contributed by atoms with van der Waals surface area (Å²) in [5.41, 5.74) is 0.163. The number of anilines is 1. The number of hydrogen-bond donors (Lipinski definition) is 3. The van der Waals surface area contributed by atoms with Crippen LogP contribution < -0.4 is 5.32 Å². The lowest BCUT2D eigenvalue weighted by Gasteiger charge is -2.27. The Morgan fingerprint density at radius 1 is 1.35 bits per heavy atom. The zero-order chi connectivity index (χ0) is 15.3. The molecule has 0 saturated carbocycles. The van der Waals surface area contributed by atoms with E-state index in [1.807, 2.05) is 20.8 Å². The second-order valence-electron chi connectivity index (χ2n) is 4.51. The molecule has 0 radical (unpaired) electrons. The third-order valence-electron chi connectivity index (χ3n) is 3.20. The van der Waals surface area contributed by atoms with E-state index in [-0.39, 0.29) is 23.4 Å². The molecule has 0 saturated heterocycles. The van der Waals surface area contributed by atoms with E-state index < -0.39 is 5.97 Å². The minimum absolute atomic E-state index is 0.104. The molecule has 0 aliphatic carbocycles. The third kappa shape index (κ3) is 3.63. The predicted molar refractivity (Wildman–Crippen MR) is 76.2 cm³/mol. The molecule has 3 N–H and O–H groups in total. The monoisotopic (exact) mass is 280 g/mol. The van der Waals surface area contributed by atoms with Gasteiger partial charge in [-0.1, -0.05) is 6.92 Å². The number of nitrogens with one attached hydrogen (secondary N) is 1. The van der Waals surface area contributed by atoms with Crippen molar-refractivity contribution >= 4 is 17.7 Å². The lowest BCUT2D eigenvalue weighted by Crippen LogP contribution is -2.40. The van der Waals surface area contributed by atoms with Crippen LogP contribution in [0.3, 0.4) is 0 Å². The van der Waals surface area contributed by atoms with Gasteiger partial charge in [-0.25, -0.2) is 9.59 Å². The second-order valence-corrected chi connectivity index (χ2v) is 4.51. The Balaban J connectivity index is 2.85. The lowest BCUT2D eigenvalue weighted by molar-refractivity contribution is 0.0694. The lowest BCUT2D eigenvalue weighted by atomic mass is 10.2. The van der Waals surface area contributed by atoms with Crippen molar-refractivity contribution in [1.29, 1.82) is 0 Å². The molecule has 6 nitrogen and oxygen atoms in total. The summed E-state index contributed by atoms with van der Waals surface area (Å²) in [7, 11) is 0. The molecule has 1 aromatic carbocycles. The van der Waals surface area contributed by atoms with E-state index >= 15 is 0 Å². The highest BCUT2D eigenvalue weighted by Gasteiger charge is 2.18. The van der Waals surface area contributed by atoms with E-state index in [9.17, 15) is 14.7 Å². The summed E-state index contributed by atoms with van der Waals surface area (Å²) in [6.45, 7) is 6.40. The number of carboxylic acids is 1. The summed E-state index contributed by atoms with van der Waals surface area (Å²) >= 11 is 0. The molecule has 0 aromatic heterocycles. The van der Waals surface area contributed by atoms with E-state index in [2.05, 4.69) is 5.32 Å². The molecule has 0 spiro atoms. The van der Waals surface area contributed by atoms with Crippen molar-refractivity contribution in [1.82, 2.24) is 4.90 Å². The summed E-state index contributed by atoms with van der Waals surface area (Å²) in [6.07, 6.45) is 0.838. The number of rotatable bonds is 5. The molecule has 0 heterocycles. The standard InChI is InChI=1S/C14H20N2O4/c1-4-9(3)16(5-2)14(20)15-10-6-7-11(13(18)19)12(17)8-10/h6-9,17H,4-5H2,1-3H3,(H,15,20)(H,18,19). The molecule has 110 valence electrons. The van der Waals surface area contributed by atoms with Crippen molar-refractivity contribution in [3.8, 4) is 5.75 Å². The van der Waals surface area contributed by atoms with Crippen LogP contribution in [0.15, 0.2) is 18.2 Å². The van der Waals surface area contributed by atoms with Crippen molar-refractivity contribution in [3.63, 3.8) is 0 Å². The van der Waals surface area contributed by atoms with Gasteiger partial charge in [0.25, 0.3) is 0 Å². The summed E-state index contributed by atoms with van der Waals surface area (Å²) < 4.78 is 0. The van der Waals surface area contributed by atoms with Crippen LogP contribution >= 0.6 is 0 Å². The van der Waals surface area contributed by atoms with Crippen molar-refractivity contribution < 1.29 is 19.8 Å². The van der Waals surface area contributed by atoms with Crippen LogP contribution in [-0.4, -0.2) is 39.7 Å². The van der Waals surface area contributed by atoms with Gasteiger partial charge in [-0.3, -0.25) is 0 Å². The highest BCUT2D eigenvalue weighted by atomic mass is 16.4. The van der Waals surface area contributed by atoms with Crippen molar-refractivity contribution in [2.75, 3.05) is 11.9 Å². The first kappa shape index (κ1) is 15.8. The Hall–Kier alpha value is -2.24. The molecule has 0 bridgehead atoms. The molecular formula is C14H20N2O4. The fourth-order valence-corrected chi connectivity index (χ4v) is 1.86. The SMILES string of the molecule is CCC(C)N(CC)C(=O)Nc1ccc(C(=O)O)c(O)c1. The van der Waals surface area contributed by atoms with E-state index in [1.54, 1.807) is 4.90 Å². The molecule has 1 aromatic rings. The first-order valence-corrected chi connectivity index (χ1v) is 6.54. The van der Waals surface area contributed by atoms with E-state index in [0.29, 0.717) is 12.2 Å².